The summed E-state index contributed by atoms with van der Waals surface area (Å²) in [6.07, 6.45) is 0. The molecule has 9 aromatic carbocycles. The SMILES string of the molecule is [2H]c1ccc([2H])c(-c2c([2H])c([2H])c3c(c2[2H])c2c([2H])c([2H])c([2H])c([2H])c2n3-c2c([2H])cc3c(oc4c([2H])c([2H])cc(-c5nc(-c6ccccc6)nc(-c6ccc7c(c6)oc6cccc(-c8ccccc8)c67)n5)c43)c2[2H])c1[2H]. The highest BCUT2D eigenvalue weighted by Crippen LogP contribution is 2.41. The van der Waals surface area contributed by atoms with E-state index in [9.17, 15) is 8.22 Å². The minimum Gasteiger partial charge on any atom is -0.456 e. The average Bonchev–Trinajstić information content (AvgIpc) is 4.33. The lowest BCUT2D eigenvalue weighted by Gasteiger charge is -2.10. The van der Waals surface area contributed by atoms with E-state index in [0.29, 0.717) is 22.3 Å². The Balaban J connectivity index is 1.06. The molecule has 0 N–H and O–H groups in total. The van der Waals surface area contributed by atoms with Crippen LogP contribution >= 0.6 is 0 Å². The summed E-state index contributed by atoms with van der Waals surface area (Å²) in [5.41, 5.74) is 2.66. The van der Waals surface area contributed by atoms with Gasteiger partial charge in [0.2, 0.25) is 0 Å². The van der Waals surface area contributed by atoms with Crippen LogP contribution in [0.5, 0.6) is 0 Å². The molecule has 0 spiro atoms. The molecule has 6 heteroatoms. The summed E-state index contributed by atoms with van der Waals surface area (Å²) in [6, 6.07) is 28.7. The maximum Gasteiger partial charge on any atom is 0.164 e. The van der Waals surface area contributed by atoms with Crippen LogP contribution in [0.1, 0.15) is 19.2 Å². The third-order valence-electron chi connectivity index (χ3n) is 11.2. The Kier molecular flexibility index (Phi) is 5.32. The van der Waals surface area contributed by atoms with Crippen molar-refractivity contribution >= 4 is 65.7 Å². The molecule has 0 saturated heterocycles. The molecule has 6 nitrogen and oxygen atoms in total. The van der Waals surface area contributed by atoms with Crippen molar-refractivity contribution in [2.75, 3.05) is 0 Å². The molecule has 63 heavy (non-hydrogen) atoms. The second kappa shape index (κ2) is 14.0. The van der Waals surface area contributed by atoms with Gasteiger partial charge in [-0.15, -0.1) is 0 Å². The van der Waals surface area contributed by atoms with E-state index in [1.807, 2.05) is 97.1 Å². The van der Waals surface area contributed by atoms with Crippen molar-refractivity contribution < 1.29 is 28.0 Å². The molecule has 13 rings (SSSR count). The van der Waals surface area contributed by atoms with E-state index in [1.165, 1.54) is 24.3 Å². The highest BCUT2D eigenvalue weighted by Gasteiger charge is 2.21. The number of hydrogen-bond acceptors (Lipinski definition) is 5. The van der Waals surface area contributed by atoms with Gasteiger partial charge in [-0.25, -0.2) is 15.0 Å². The summed E-state index contributed by atoms with van der Waals surface area (Å²) in [7, 11) is 0. The van der Waals surface area contributed by atoms with Gasteiger partial charge >= 0.3 is 0 Å². The maximum atomic E-state index is 9.84. The second-order valence-corrected chi connectivity index (χ2v) is 14.8. The third kappa shape index (κ3) is 5.69. The fourth-order valence-electron chi connectivity index (χ4n) is 8.34. The van der Waals surface area contributed by atoms with Crippen LogP contribution < -0.4 is 0 Å². The standard InChI is InChI=1S/C57H34N4O2/c1-4-14-35(15-5-1)38-27-31-48-46(32-38)42-20-10-11-23-47(42)61(48)40-28-30-44-52(34-40)63-50-25-13-22-45(54(44)50)57-59-55(37-18-8-3-9-19-37)58-56(60-57)39-26-29-43-51(33-39)62-49-24-12-21-41(53(43)49)36-16-6-2-7-17-36/h1-34H/i4D,10D,11D,13D,14D,15D,20D,23D,25D,27D,28D,31D,32D,34D. The molecule has 4 aromatic heterocycles. The molecule has 0 amide bonds. The monoisotopic (exact) mass is 820 g/mol. The fraction of sp³-hybridized carbons (Fsp3) is 0. The molecule has 13 aromatic rings. The van der Waals surface area contributed by atoms with Crippen molar-refractivity contribution in [1.82, 2.24) is 19.5 Å². The zero-order valence-electron chi connectivity index (χ0n) is 46.7. The zero-order valence-corrected chi connectivity index (χ0v) is 32.7. The van der Waals surface area contributed by atoms with Crippen LogP contribution in [0.15, 0.2) is 215 Å². The molecule has 4 heterocycles. The Hall–Kier alpha value is -8.61. The van der Waals surface area contributed by atoms with Gasteiger partial charge in [0, 0.05) is 60.7 Å². The lowest BCUT2D eigenvalue weighted by molar-refractivity contribution is 0.668. The Morgan fingerprint density at radius 3 is 2.03 bits per heavy atom. The minimum absolute atomic E-state index is 0.0647. The van der Waals surface area contributed by atoms with E-state index in [4.69, 9.17) is 34.8 Å². The van der Waals surface area contributed by atoms with Crippen molar-refractivity contribution in [2.24, 2.45) is 0 Å². The van der Waals surface area contributed by atoms with Crippen LogP contribution in [0.4, 0.5) is 0 Å². The number of fused-ring (bicyclic) bond motifs is 9. The normalized spacial score (nSPS) is 14.9. The summed E-state index contributed by atoms with van der Waals surface area (Å²) in [5.74, 6) is 0.575. The molecule has 0 bridgehead atoms. The molecule has 0 unspecified atom stereocenters. The Morgan fingerprint density at radius 2 is 1.14 bits per heavy atom. The largest absolute Gasteiger partial charge is 0.456 e. The van der Waals surface area contributed by atoms with Gasteiger partial charge in [-0.2, -0.15) is 0 Å². The van der Waals surface area contributed by atoms with Gasteiger partial charge in [0.1, 0.15) is 22.3 Å². The van der Waals surface area contributed by atoms with Crippen LogP contribution in [0.25, 0.3) is 128 Å². The van der Waals surface area contributed by atoms with E-state index in [0.717, 1.165) is 26.5 Å². The predicted molar refractivity (Wildman–Crippen MR) is 256 cm³/mol. The zero-order chi connectivity index (χ0) is 53.6. The van der Waals surface area contributed by atoms with Crippen LogP contribution in [0.3, 0.4) is 0 Å². The third-order valence-corrected chi connectivity index (χ3v) is 11.2. The molecule has 0 fully saturated rings. The first-order chi connectivity index (χ1) is 37.0. The highest BCUT2D eigenvalue weighted by molar-refractivity contribution is 6.15. The van der Waals surface area contributed by atoms with Gasteiger partial charge in [-0.05, 0) is 76.7 Å². The molecule has 294 valence electrons. The number of benzene rings is 9. The summed E-state index contributed by atoms with van der Waals surface area (Å²) >= 11 is 0. The van der Waals surface area contributed by atoms with Gasteiger partial charge in [0.05, 0.1) is 30.2 Å². The Labute approximate surface area is 380 Å². The average molecular weight is 821 g/mol. The van der Waals surface area contributed by atoms with Crippen LogP contribution in [-0.2, 0) is 0 Å². The van der Waals surface area contributed by atoms with E-state index in [-0.39, 0.29) is 108 Å². The van der Waals surface area contributed by atoms with Crippen molar-refractivity contribution in [3.05, 3.63) is 206 Å². The second-order valence-electron chi connectivity index (χ2n) is 14.8. The van der Waals surface area contributed by atoms with Crippen molar-refractivity contribution in [3.8, 4) is 62.1 Å². The number of furan rings is 2. The molecule has 0 radical (unpaired) electrons. The first-order valence-electron chi connectivity index (χ1n) is 26.9. The van der Waals surface area contributed by atoms with Gasteiger partial charge in [0.25, 0.3) is 0 Å². The number of para-hydroxylation sites is 1. The lowest BCUT2D eigenvalue weighted by atomic mass is 9.99. The molecule has 0 aliphatic rings. The van der Waals surface area contributed by atoms with Crippen molar-refractivity contribution in [1.29, 1.82) is 0 Å². The quantitative estimate of drug-likeness (QED) is 0.167. The molecule has 0 atom stereocenters. The molecule has 0 aliphatic heterocycles. The number of rotatable bonds is 6. The minimum atomic E-state index is -0.699. The highest BCUT2D eigenvalue weighted by atomic mass is 16.3. The Bertz CT molecular complexity index is 4750. The maximum absolute atomic E-state index is 9.84. The van der Waals surface area contributed by atoms with Gasteiger partial charge in [-0.1, -0.05) is 145 Å². The summed E-state index contributed by atoms with van der Waals surface area (Å²) < 4.78 is 141. The van der Waals surface area contributed by atoms with Crippen molar-refractivity contribution in [2.45, 2.75) is 0 Å². The smallest absolute Gasteiger partial charge is 0.164 e. The summed E-state index contributed by atoms with van der Waals surface area (Å²) in [6.45, 7) is 0. The molecule has 0 aliphatic carbocycles. The topological polar surface area (TPSA) is 69.9 Å². The van der Waals surface area contributed by atoms with Crippen LogP contribution in [-0.4, -0.2) is 19.5 Å². The number of hydrogen-bond donors (Lipinski definition) is 0. The van der Waals surface area contributed by atoms with E-state index in [1.54, 1.807) is 0 Å². The predicted octanol–water partition coefficient (Wildman–Crippen LogP) is 15.1. The number of nitrogens with zero attached hydrogens (tertiary/aromatic N) is 4. The van der Waals surface area contributed by atoms with E-state index >= 15 is 0 Å². The van der Waals surface area contributed by atoms with Crippen LogP contribution in [0.2, 0.25) is 0 Å². The lowest BCUT2D eigenvalue weighted by Crippen LogP contribution is -2.00. The van der Waals surface area contributed by atoms with Crippen LogP contribution in [0, 0.1) is 0 Å². The first-order valence-corrected chi connectivity index (χ1v) is 19.9. The fourth-order valence-corrected chi connectivity index (χ4v) is 8.34. The summed E-state index contributed by atoms with van der Waals surface area (Å²) in [4.78, 5) is 14.9. The molecular weight excluding hydrogens is 773 g/mol. The van der Waals surface area contributed by atoms with Gasteiger partial charge < -0.3 is 13.4 Å². The van der Waals surface area contributed by atoms with E-state index < -0.39 is 60.4 Å². The van der Waals surface area contributed by atoms with E-state index in [2.05, 4.69) is 0 Å². The number of aromatic nitrogens is 4. The van der Waals surface area contributed by atoms with Crippen molar-refractivity contribution in [3.63, 3.8) is 0 Å². The first kappa shape index (κ1) is 24.0. The summed E-state index contributed by atoms with van der Waals surface area (Å²) in [5, 5.41) is 1.57. The van der Waals surface area contributed by atoms with Gasteiger partial charge in [0.15, 0.2) is 17.5 Å². The molecular formula is C57H34N4O2. The van der Waals surface area contributed by atoms with Gasteiger partial charge in [-0.3, -0.25) is 0 Å². The Morgan fingerprint density at radius 1 is 0.381 bits per heavy atom. The molecule has 0 saturated carbocycles.